The van der Waals surface area contributed by atoms with Gasteiger partial charge < -0.3 is 10.2 Å². The Morgan fingerprint density at radius 1 is 1.17 bits per heavy atom. The summed E-state index contributed by atoms with van der Waals surface area (Å²) in [6.07, 6.45) is 6.78. The van der Waals surface area contributed by atoms with E-state index in [0.29, 0.717) is 5.92 Å². The van der Waals surface area contributed by atoms with Crippen LogP contribution in [0.3, 0.4) is 0 Å². The molecular weight excluding hydrogens is 286 g/mol. The van der Waals surface area contributed by atoms with Crippen LogP contribution in [0, 0.1) is 11.8 Å². The van der Waals surface area contributed by atoms with Crippen LogP contribution in [0.2, 0.25) is 0 Å². The zero-order valence-electron chi connectivity index (χ0n) is 14.8. The molecule has 1 aromatic rings. The summed E-state index contributed by atoms with van der Waals surface area (Å²) in [5, 5.41) is 3.24. The van der Waals surface area contributed by atoms with Gasteiger partial charge in [0.25, 0.3) is 0 Å². The minimum Gasteiger partial charge on any atom is -0.371 e. The van der Waals surface area contributed by atoms with E-state index in [-0.39, 0.29) is 0 Å². The van der Waals surface area contributed by atoms with Gasteiger partial charge >= 0.3 is 0 Å². The maximum atomic E-state index is 4.99. The third kappa shape index (κ3) is 3.33. The highest BCUT2D eigenvalue weighted by atomic mass is 15.3. The monoisotopic (exact) mass is 315 g/mol. The van der Waals surface area contributed by atoms with Crippen molar-refractivity contribution in [1.82, 2.24) is 9.97 Å². The van der Waals surface area contributed by atoms with Crippen molar-refractivity contribution in [1.29, 1.82) is 0 Å². The van der Waals surface area contributed by atoms with Gasteiger partial charge in [-0.1, -0.05) is 20.3 Å². The summed E-state index contributed by atoms with van der Waals surface area (Å²) in [6.45, 7) is 8.71. The van der Waals surface area contributed by atoms with Gasteiger partial charge in [-0.3, -0.25) is 4.99 Å². The van der Waals surface area contributed by atoms with E-state index in [2.05, 4.69) is 29.1 Å². The van der Waals surface area contributed by atoms with E-state index in [1.807, 2.05) is 20.2 Å². The van der Waals surface area contributed by atoms with Crippen molar-refractivity contribution in [2.24, 2.45) is 16.8 Å². The van der Waals surface area contributed by atoms with Gasteiger partial charge in [-0.15, -0.1) is 0 Å². The standard InChI is InChI=1S/C18H29N5/c1-5-20-16-15(14-7-6-12(2)10-14)21-18(22-17(16)19-4)23-9-8-13(3)11-23/h5,12-14H,6-11H2,1-4H3,(H,19,21,22). The van der Waals surface area contributed by atoms with Crippen LogP contribution in [0.1, 0.15) is 58.1 Å². The van der Waals surface area contributed by atoms with Crippen LogP contribution in [0.25, 0.3) is 0 Å². The molecule has 2 fully saturated rings. The smallest absolute Gasteiger partial charge is 0.227 e. The first-order valence-electron chi connectivity index (χ1n) is 8.95. The molecule has 0 amide bonds. The number of hydrogen-bond donors (Lipinski definition) is 1. The lowest BCUT2D eigenvalue weighted by atomic mass is 10.0. The Labute approximate surface area is 139 Å². The van der Waals surface area contributed by atoms with E-state index in [4.69, 9.17) is 9.97 Å². The van der Waals surface area contributed by atoms with E-state index in [1.54, 1.807) is 0 Å². The van der Waals surface area contributed by atoms with E-state index in [9.17, 15) is 0 Å². The number of nitrogens with one attached hydrogen (secondary N) is 1. The zero-order valence-corrected chi connectivity index (χ0v) is 14.8. The highest BCUT2D eigenvalue weighted by Crippen LogP contribution is 2.43. The first-order chi connectivity index (χ1) is 11.1. The lowest BCUT2D eigenvalue weighted by Crippen LogP contribution is -2.23. The summed E-state index contributed by atoms with van der Waals surface area (Å²) >= 11 is 0. The Balaban J connectivity index is 2.02. The van der Waals surface area contributed by atoms with Gasteiger partial charge in [0, 0.05) is 32.3 Å². The van der Waals surface area contributed by atoms with Crippen molar-refractivity contribution >= 4 is 23.7 Å². The normalized spacial score (nSPS) is 28.0. The lowest BCUT2D eigenvalue weighted by Gasteiger charge is -2.21. The molecule has 1 aromatic heterocycles. The summed E-state index contributed by atoms with van der Waals surface area (Å²) < 4.78 is 0. The molecule has 1 N–H and O–H groups in total. The fraction of sp³-hybridized carbons (Fsp3) is 0.722. The Morgan fingerprint density at radius 3 is 2.57 bits per heavy atom. The Kier molecular flexibility index (Phi) is 4.83. The Hall–Kier alpha value is -1.65. The van der Waals surface area contributed by atoms with Crippen molar-refractivity contribution < 1.29 is 0 Å². The predicted molar refractivity (Wildman–Crippen MR) is 97.2 cm³/mol. The van der Waals surface area contributed by atoms with Crippen LogP contribution in [0.4, 0.5) is 17.5 Å². The highest BCUT2D eigenvalue weighted by molar-refractivity contribution is 5.72. The number of aromatic nitrogens is 2. The fourth-order valence-electron chi connectivity index (χ4n) is 3.89. The quantitative estimate of drug-likeness (QED) is 0.854. The molecule has 1 saturated carbocycles. The number of hydrogen-bond acceptors (Lipinski definition) is 5. The second-order valence-corrected chi connectivity index (χ2v) is 7.20. The second kappa shape index (κ2) is 6.85. The zero-order chi connectivity index (χ0) is 16.4. The molecule has 0 radical (unpaired) electrons. The average molecular weight is 315 g/mol. The third-order valence-electron chi connectivity index (χ3n) is 5.18. The van der Waals surface area contributed by atoms with Crippen LogP contribution in [-0.4, -0.2) is 36.3 Å². The van der Waals surface area contributed by atoms with Crippen LogP contribution in [0.5, 0.6) is 0 Å². The molecule has 2 heterocycles. The first kappa shape index (κ1) is 16.2. The van der Waals surface area contributed by atoms with Crippen LogP contribution >= 0.6 is 0 Å². The van der Waals surface area contributed by atoms with Crippen LogP contribution in [0.15, 0.2) is 4.99 Å². The molecule has 1 aliphatic carbocycles. The summed E-state index contributed by atoms with van der Waals surface area (Å²) in [7, 11) is 1.93. The van der Waals surface area contributed by atoms with Crippen molar-refractivity contribution in [3.8, 4) is 0 Å². The van der Waals surface area contributed by atoms with Gasteiger partial charge in [0.2, 0.25) is 5.95 Å². The molecule has 5 heteroatoms. The van der Waals surface area contributed by atoms with Gasteiger partial charge in [0.05, 0.1) is 5.69 Å². The van der Waals surface area contributed by atoms with Crippen LogP contribution in [-0.2, 0) is 0 Å². The van der Waals surface area contributed by atoms with Crippen molar-refractivity contribution in [2.45, 2.75) is 52.4 Å². The van der Waals surface area contributed by atoms with E-state index < -0.39 is 0 Å². The van der Waals surface area contributed by atoms with Crippen LogP contribution < -0.4 is 10.2 Å². The lowest BCUT2D eigenvalue weighted by molar-refractivity contribution is 0.591. The molecule has 2 aliphatic rings. The Morgan fingerprint density at radius 2 is 2.00 bits per heavy atom. The number of anilines is 2. The minimum atomic E-state index is 0.512. The summed E-state index contributed by atoms with van der Waals surface area (Å²) in [5.74, 6) is 3.75. The van der Waals surface area contributed by atoms with Gasteiger partial charge in [0.1, 0.15) is 5.69 Å². The topological polar surface area (TPSA) is 53.4 Å². The SMILES string of the molecule is CC=Nc1c(NC)nc(N2CCC(C)C2)nc1C1CCC(C)C1. The maximum Gasteiger partial charge on any atom is 0.227 e. The van der Waals surface area contributed by atoms with Gasteiger partial charge in [0.15, 0.2) is 5.82 Å². The number of aliphatic imine (C=N–C) groups is 1. The molecule has 5 nitrogen and oxygen atoms in total. The average Bonchev–Trinajstić information content (AvgIpc) is 3.16. The molecule has 1 saturated heterocycles. The molecule has 0 aromatic carbocycles. The first-order valence-corrected chi connectivity index (χ1v) is 8.95. The second-order valence-electron chi connectivity index (χ2n) is 7.20. The van der Waals surface area contributed by atoms with Gasteiger partial charge in [-0.25, -0.2) is 4.98 Å². The van der Waals surface area contributed by atoms with E-state index in [0.717, 1.165) is 48.1 Å². The number of nitrogens with zero attached hydrogens (tertiary/aromatic N) is 4. The summed E-state index contributed by atoms with van der Waals surface area (Å²) in [5.41, 5.74) is 2.08. The fourth-order valence-corrected chi connectivity index (χ4v) is 3.89. The van der Waals surface area contributed by atoms with Crippen molar-refractivity contribution in [3.63, 3.8) is 0 Å². The molecule has 0 bridgehead atoms. The highest BCUT2D eigenvalue weighted by Gasteiger charge is 2.30. The molecule has 0 spiro atoms. The van der Waals surface area contributed by atoms with Crippen molar-refractivity contribution in [2.75, 3.05) is 30.4 Å². The van der Waals surface area contributed by atoms with Gasteiger partial charge in [-0.05, 0) is 38.0 Å². The molecule has 126 valence electrons. The molecular formula is C18H29N5. The minimum absolute atomic E-state index is 0.512. The van der Waals surface area contributed by atoms with E-state index in [1.165, 1.54) is 25.7 Å². The van der Waals surface area contributed by atoms with Crippen molar-refractivity contribution in [3.05, 3.63) is 5.69 Å². The molecule has 23 heavy (non-hydrogen) atoms. The summed E-state index contributed by atoms with van der Waals surface area (Å²) in [4.78, 5) is 16.7. The summed E-state index contributed by atoms with van der Waals surface area (Å²) in [6, 6.07) is 0. The molecule has 3 unspecified atom stereocenters. The van der Waals surface area contributed by atoms with E-state index >= 15 is 0 Å². The maximum absolute atomic E-state index is 4.99. The number of rotatable bonds is 4. The van der Waals surface area contributed by atoms with Gasteiger partial charge in [-0.2, -0.15) is 4.98 Å². The Bertz CT molecular complexity index is 583. The molecule has 3 atom stereocenters. The molecule has 3 rings (SSSR count). The molecule has 1 aliphatic heterocycles. The largest absolute Gasteiger partial charge is 0.371 e. The third-order valence-corrected chi connectivity index (χ3v) is 5.18. The predicted octanol–water partition coefficient (Wildman–Crippen LogP) is 3.99.